The van der Waals surface area contributed by atoms with Gasteiger partial charge in [0.05, 0.1) is 15.6 Å². The van der Waals surface area contributed by atoms with Crippen molar-refractivity contribution < 1.29 is 13.2 Å². The van der Waals surface area contributed by atoms with Crippen molar-refractivity contribution in [1.29, 1.82) is 0 Å². The van der Waals surface area contributed by atoms with E-state index >= 15 is 0 Å². The van der Waals surface area contributed by atoms with E-state index in [1.165, 1.54) is 23.1 Å². The smallest absolute Gasteiger partial charge is 0.321 e. The molecule has 1 aromatic heterocycles. The third-order valence-corrected chi connectivity index (χ3v) is 5.13. The highest BCUT2D eigenvalue weighted by molar-refractivity contribution is 7.90. The van der Waals surface area contributed by atoms with E-state index in [9.17, 15) is 13.2 Å². The Hall–Kier alpha value is -1.57. The number of nitrogens with one attached hydrogen (secondary N) is 1. The first-order chi connectivity index (χ1) is 10.3. The van der Waals surface area contributed by atoms with Crippen molar-refractivity contribution in [3.63, 3.8) is 0 Å². The van der Waals surface area contributed by atoms with Crippen LogP contribution < -0.4 is 5.32 Å². The Kier molecular flexibility index (Phi) is 5.10. The van der Waals surface area contributed by atoms with Crippen molar-refractivity contribution in [2.24, 2.45) is 0 Å². The van der Waals surface area contributed by atoms with Gasteiger partial charge in [-0.25, -0.2) is 13.2 Å². The summed E-state index contributed by atoms with van der Waals surface area (Å²) in [5, 5.41) is 6.81. The molecule has 0 fully saturated rings. The van der Waals surface area contributed by atoms with Crippen LogP contribution in [0.1, 0.15) is 5.56 Å². The Morgan fingerprint density at radius 3 is 2.68 bits per heavy atom. The van der Waals surface area contributed by atoms with Gasteiger partial charge in [0.25, 0.3) is 0 Å². The number of hydrogen-bond acceptors (Lipinski definition) is 4. The number of rotatable bonds is 4. The molecule has 0 atom stereocenters. The van der Waals surface area contributed by atoms with Crippen LogP contribution in [0.3, 0.4) is 0 Å². The van der Waals surface area contributed by atoms with Gasteiger partial charge in [-0.05, 0) is 40.6 Å². The second-order valence-electron chi connectivity index (χ2n) is 4.83. The molecule has 0 saturated carbocycles. The van der Waals surface area contributed by atoms with Crippen LogP contribution >= 0.6 is 22.9 Å². The fourth-order valence-corrected chi connectivity index (χ4v) is 3.24. The first-order valence-electron chi connectivity index (χ1n) is 6.30. The van der Waals surface area contributed by atoms with E-state index in [4.69, 9.17) is 11.6 Å². The molecule has 0 aliphatic heterocycles. The third kappa shape index (κ3) is 4.22. The monoisotopic (exact) mass is 358 g/mol. The molecule has 5 nitrogen and oxygen atoms in total. The van der Waals surface area contributed by atoms with E-state index < -0.39 is 9.84 Å². The van der Waals surface area contributed by atoms with Crippen molar-refractivity contribution in [3.05, 3.63) is 45.6 Å². The molecule has 22 heavy (non-hydrogen) atoms. The highest BCUT2D eigenvalue weighted by Gasteiger charge is 2.14. The number of halogens is 1. The maximum Gasteiger partial charge on any atom is 0.321 e. The van der Waals surface area contributed by atoms with Crippen molar-refractivity contribution in [1.82, 2.24) is 4.90 Å². The largest absolute Gasteiger partial charge is 0.323 e. The van der Waals surface area contributed by atoms with Crippen molar-refractivity contribution in [3.8, 4) is 0 Å². The molecule has 2 aromatic rings. The number of thiophene rings is 1. The van der Waals surface area contributed by atoms with E-state index in [2.05, 4.69) is 5.32 Å². The van der Waals surface area contributed by atoms with Gasteiger partial charge in [-0.3, -0.25) is 0 Å². The third-order valence-electron chi connectivity index (χ3n) is 2.95. The van der Waals surface area contributed by atoms with Crippen LogP contribution in [0.15, 0.2) is 39.9 Å². The van der Waals surface area contributed by atoms with Crippen LogP contribution in [-0.2, 0) is 16.4 Å². The van der Waals surface area contributed by atoms with Gasteiger partial charge >= 0.3 is 6.03 Å². The number of nitrogens with zero attached hydrogens (tertiary/aromatic N) is 1. The maximum atomic E-state index is 12.2. The van der Waals surface area contributed by atoms with Gasteiger partial charge in [-0.2, -0.15) is 11.3 Å². The zero-order chi connectivity index (χ0) is 16.3. The molecule has 2 amide bonds. The van der Waals surface area contributed by atoms with Crippen molar-refractivity contribution in [2.75, 3.05) is 18.6 Å². The number of carbonyl (C=O) groups excluding carboxylic acids is 1. The summed E-state index contributed by atoms with van der Waals surface area (Å²) in [4.78, 5) is 13.8. The van der Waals surface area contributed by atoms with Crippen LogP contribution in [0.25, 0.3) is 0 Å². The van der Waals surface area contributed by atoms with Crippen LogP contribution in [0.4, 0.5) is 10.5 Å². The van der Waals surface area contributed by atoms with Crippen LogP contribution in [0, 0.1) is 0 Å². The highest BCUT2D eigenvalue weighted by Crippen LogP contribution is 2.25. The van der Waals surface area contributed by atoms with Crippen LogP contribution in [0.5, 0.6) is 0 Å². The van der Waals surface area contributed by atoms with Crippen molar-refractivity contribution in [2.45, 2.75) is 11.4 Å². The molecule has 0 radical (unpaired) electrons. The summed E-state index contributed by atoms with van der Waals surface area (Å²) in [7, 11) is -1.71. The van der Waals surface area contributed by atoms with E-state index in [1.54, 1.807) is 18.4 Å². The average Bonchev–Trinajstić information content (AvgIpc) is 2.92. The van der Waals surface area contributed by atoms with E-state index in [0.29, 0.717) is 6.54 Å². The van der Waals surface area contributed by atoms with E-state index in [0.717, 1.165) is 11.8 Å². The Morgan fingerprint density at radius 1 is 1.36 bits per heavy atom. The Bertz CT molecular complexity index is 773. The number of anilines is 1. The second-order valence-corrected chi connectivity index (χ2v) is 8.03. The molecule has 0 unspecified atom stereocenters. The average molecular weight is 359 g/mol. The molecule has 1 aromatic carbocycles. The normalized spacial score (nSPS) is 11.2. The molecule has 0 aliphatic rings. The van der Waals surface area contributed by atoms with Crippen LogP contribution in [-0.4, -0.2) is 32.7 Å². The molecular formula is C14H15ClN2O3S2. The standard InChI is InChI=1S/C14H15ClN2O3S2/c1-17(8-10-5-6-21-9-10)14(18)16-13-7-11(22(2,19)20)3-4-12(13)15/h3-7,9H,8H2,1-2H3,(H,16,18). The summed E-state index contributed by atoms with van der Waals surface area (Å²) >= 11 is 7.57. The lowest BCUT2D eigenvalue weighted by Crippen LogP contribution is -2.30. The predicted octanol–water partition coefficient (Wildman–Crippen LogP) is 3.47. The fraction of sp³-hybridized carbons (Fsp3) is 0.214. The maximum absolute atomic E-state index is 12.2. The van der Waals surface area contributed by atoms with Gasteiger partial charge in [0, 0.05) is 19.8 Å². The summed E-state index contributed by atoms with van der Waals surface area (Å²) in [6.45, 7) is 0.457. The molecule has 0 saturated heterocycles. The number of hydrogen-bond donors (Lipinski definition) is 1. The lowest BCUT2D eigenvalue weighted by atomic mass is 10.3. The summed E-state index contributed by atoms with van der Waals surface area (Å²) in [6.07, 6.45) is 1.10. The fourth-order valence-electron chi connectivity index (χ4n) is 1.77. The highest BCUT2D eigenvalue weighted by atomic mass is 35.5. The summed E-state index contributed by atoms with van der Waals surface area (Å²) in [5.74, 6) is 0. The van der Waals surface area contributed by atoms with E-state index in [1.807, 2.05) is 16.8 Å². The lowest BCUT2D eigenvalue weighted by Gasteiger charge is -2.18. The summed E-state index contributed by atoms with van der Waals surface area (Å²) in [6, 6.07) is 5.79. The van der Waals surface area contributed by atoms with Gasteiger partial charge in [-0.15, -0.1) is 0 Å². The molecule has 0 bridgehead atoms. The second kappa shape index (κ2) is 6.68. The first-order valence-corrected chi connectivity index (χ1v) is 9.51. The summed E-state index contributed by atoms with van der Waals surface area (Å²) in [5.41, 5.74) is 1.30. The predicted molar refractivity (Wildman–Crippen MR) is 89.4 cm³/mol. The zero-order valence-electron chi connectivity index (χ0n) is 12.0. The molecule has 0 aliphatic carbocycles. The zero-order valence-corrected chi connectivity index (χ0v) is 14.4. The van der Waals surface area contributed by atoms with Crippen LogP contribution in [0.2, 0.25) is 5.02 Å². The number of benzene rings is 1. The van der Waals surface area contributed by atoms with Crippen molar-refractivity contribution >= 4 is 44.5 Å². The summed E-state index contributed by atoms with van der Waals surface area (Å²) < 4.78 is 23.1. The molecule has 1 N–H and O–H groups in total. The Morgan fingerprint density at radius 2 is 2.09 bits per heavy atom. The molecule has 2 rings (SSSR count). The van der Waals surface area contributed by atoms with Gasteiger partial charge in [0.1, 0.15) is 0 Å². The van der Waals surface area contributed by atoms with Gasteiger partial charge in [0.15, 0.2) is 9.84 Å². The Balaban J connectivity index is 2.14. The van der Waals surface area contributed by atoms with E-state index in [-0.39, 0.29) is 21.6 Å². The molecular weight excluding hydrogens is 344 g/mol. The molecule has 118 valence electrons. The first kappa shape index (κ1) is 16.8. The van der Waals surface area contributed by atoms with Gasteiger partial charge in [0.2, 0.25) is 0 Å². The SMILES string of the molecule is CN(Cc1ccsc1)C(=O)Nc1cc(S(C)(=O)=O)ccc1Cl. The molecule has 1 heterocycles. The number of urea groups is 1. The number of amides is 2. The minimum atomic E-state index is -3.36. The topological polar surface area (TPSA) is 66.5 Å². The molecule has 0 spiro atoms. The van der Waals surface area contributed by atoms with Gasteiger partial charge < -0.3 is 10.2 Å². The Labute approximate surface area is 138 Å². The van der Waals surface area contributed by atoms with Gasteiger partial charge in [-0.1, -0.05) is 11.6 Å². The lowest BCUT2D eigenvalue weighted by molar-refractivity contribution is 0.220. The quantitative estimate of drug-likeness (QED) is 0.910. The number of sulfone groups is 1. The minimum absolute atomic E-state index is 0.104. The molecule has 8 heteroatoms. The minimum Gasteiger partial charge on any atom is -0.323 e. The number of carbonyl (C=O) groups is 1.